The molecule has 0 radical (unpaired) electrons. The number of methoxy groups -OCH3 is 1. The van der Waals surface area contributed by atoms with E-state index in [0.29, 0.717) is 0 Å². The Morgan fingerprint density at radius 1 is 1.45 bits per heavy atom. The summed E-state index contributed by atoms with van der Waals surface area (Å²) < 4.78 is 18.9. The highest BCUT2D eigenvalue weighted by atomic mass is 19.1. The molecule has 8 heteroatoms. The molecule has 1 aromatic carbocycles. The monoisotopic (exact) mass is 303 g/mol. The molecule has 0 amide bonds. The molecule has 0 saturated carbocycles. The zero-order valence-corrected chi connectivity index (χ0v) is 11.3. The van der Waals surface area contributed by atoms with E-state index in [1.54, 1.807) is 6.07 Å². The normalized spacial score (nSPS) is 10.0. The van der Waals surface area contributed by atoms with Crippen molar-refractivity contribution in [3.8, 4) is 11.8 Å². The van der Waals surface area contributed by atoms with Gasteiger partial charge in [0.05, 0.1) is 29.6 Å². The van der Waals surface area contributed by atoms with Gasteiger partial charge in [0.25, 0.3) is 0 Å². The summed E-state index contributed by atoms with van der Waals surface area (Å²) in [4.78, 5) is 23.1. The molecule has 2 rings (SSSR count). The van der Waals surface area contributed by atoms with Gasteiger partial charge in [-0.1, -0.05) is 0 Å². The van der Waals surface area contributed by atoms with E-state index < -0.39 is 17.8 Å². The maximum Gasteiger partial charge on any atom is 0.357 e. The molecule has 0 fully saturated rings. The third-order valence-electron chi connectivity index (χ3n) is 2.99. The molecule has 2 aromatic rings. The average Bonchev–Trinajstić information content (AvgIpc) is 2.83. The van der Waals surface area contributed by atoms with E-state index in [1.807, 2.05) is 0 Å². The molecule has 0 aliphatic carbocycles. The summed E-state index contributed by atoms with van der Waals surface area (Å²) in [6.45, 7) is 0. The molecule has 0 unspecified atom stereocenters. The molecule has 7 nitrogen and oxygen atoms in total. The lowest BCUT2D eigenvalue weighted by Gasteiger charge is -2.11. The largest absolute Gasteiger partial charge is 0.478 e. The quantitative estimate of drug-likeness (QED) is 0.830. The van der Waals surface area contributed by atoms with Crippen LogP contribution in [0.1, 0.15) is 26.4 Å². The van der Waals surface area contributed by atoms with E-state index in [9.17, 15) is 19.1 Å². The number of nitrogens with zero attached hydrogens (tertiary/aromatic N) is 2. The fourth-order valence-electron chi connectivity index (χ4n) is 1.99. The molecule has 0 aliphatic heterocycles. The number of anilines is 1. The second-order valence-corrected chi connectivity index (χ2v) is 4.25. The lowest BCUT2D eigenvalue weighted by Crippen LogP contribution is -2.13. The van der Waals surface area contributed by atoms with Gasteiger partial charge in [0.1, 0.15) is 11.9 Å². The first-order valence-corrected chi connectivity index (χ1v) is 5.93. The van der Waals surface area contributed by atoms with Crippen molar-refractivity contribution in [2.24, 2.45) is 0 Å². The number of rotatable bonds is 3. The molecule has 1 aromatic heterocycles. The van der Waals surface area contributed by atoms with E-state index in [0.717, 1.165) is 23.8 Å². The van der Waals surface area contributed by atoms with Crippen LogP contribution in [0.5, 0.6) is 0 Å². The zero-order chi connectivity index (χ0) is 16.4. The number of carboxylic acid groups (broad SMARTS) is 1. The number of carbonyl (C=O) groups excluding carboxylic acids is 1. The number of nitrogens with two attached hydrogens (primary N) is 1. The van der Waals surface area contributed by atoms with Crippen LogP contribution >= 0.6 is 0 Å². The number of ether oxygens (including phenoxy) is 1. The maximum atomic E-state index is 13.3. The van der Waals surface area contributed by atoms with Gasteiger partial charge in [-0.3, -0.25) is 0 Å². The van der Waals surface area contributed by atoms with Crippen molar-refractivity contribution < 1.29 is 23.8 Å². The minimum Gasteiger partial charge on any atom is -0.478 e. The van der Waals surface area contributed by atoms with Gasteiger partial charge in [-0.05, 0) is 18.2 Å². The molecular formula is C14H10FN3O4. The Balaban J connectivity index is 2.81. The molecule has 1 heterocycles. The molecule has 0 saturated heterocycles. The number of nitrogen functional groups attached to an aromatic ring is 1. The first-order valence-electron chi connectivity index (χ1n) is 5.93. The van der Waals surface area contributed by atoms with Gasteiger partial charge in [0.2, 0.25) is 0 Å². The Labute approximate surface area is 123 Å². The van der Waals surface area contributed by atoms with Crippen molar-refractivity contribution >= 4 is 17.6 Å². The topological polar surface area (TPSA) is 118 Å². The highest BCUT2D eigenvalue weighted by molar-refractivity contribution is 5.98. The number of carboxylic acids is 1. The molecule has 3 N–H and O–H groups in total. The average molecular weight is 303 g/mol. The maximum absolute atomic E-state index is 13.3. The Morgan fingerprint density at radius 3 is 2.68 bits per heavy atom. The molecular weight excluding hydrogens is 293 g/mol. The predicted octanol–water partition coefficient (Wildman–Crippen LogP) is 1.56. The third-order valence-corrected chi connectivity index (χ3v) is 2.99. The van der Waals surface area contributed by atoms with E-state index in [4.69, 9.17) is 11.0 Å². The smallest absolute Gasteiger partial charge is 0.357 e. The Hall–Kier alpha value is -3.34. The molecule has 22 heavy (non-hydrogen) atoms. The van der Waals surface area contributed by atoms with E-state index in [2.05, 4.69) is 4.74 Å². The minimum absolute atomic E-state index is 0.0116. The van der Waals surface area contributed by atoms with Gasteiger partial charge in [0, 0.05) is 6.20 Å². The van der Waals surface area contributed by atoms with Gasteiger partial charge in [0.15, 0.2) is 5.69 Å². The van der Waals surface area contributed by atoms with Crippen molar-refractivity contribution in [3.63, 3.8) is 0 Å². The number of halogens is 1. The number of benzene rings is 1. The standard InChI is InChI=1S/C14H10FN3O4/c1-22-14(21)12-11(17)7(5-16)6-18(12)10-3-2-8(15)4-9(10)13(19)20/h2-4,6H,17H2,1H3,(H,19,20). The summed E-state index contributed by atoms with van der Waals surface area (Å²) in [7, 11) is 1.12. The Morgan fingerprint density at radius 2 is 2.14 bits per heavy atom. The molecule has 0 aliphatic rings. The molecule has 0 bridgehead atoms. The van der Waals surface area contributed by atoms with Crippen LogP contribution in [-0.4, -0.2) is 28.7 Å². The van der Waals surface area contributed by atoms with Crippen molar-refractivity contribution in [3.05, 3.63) is 47.0 Å². The summed E-state index contributed by atoms with van der Waals surface area (Å²) in [5, 5.41) is 18.2. The number of nitriles is 1. The van der Waals surface area contributed by atoms with Crippen LogP contribution < -0.4 is 5.73 Å². The van der Waals surface area contributed by atoms with Crippen molar-refractivity contribution in [2.75, 3.05) is 12.8 Å². The van der Waals surface area contributed by atoms with Gasteiger partial charge in [-0.25, -0.2) is 14.0 Å². The SMILES string of the molecule is COC(=O)c1c(N)c(C#N)cn1-c1ccc(F)cc1C(=O)O. The summed E-state index contributed by atoms with van der Waals surface area (Å²) >= 11 is 0. The van der Waals surface area contributed by atoms with Crippen LogP contribution in [0, 0.1) is 17.1 Å². The third kappa shape index (κ3) is 2.35. The molecule has 112 valence electrons. The van der Waals surface area contributed by atoms with Crippen LogP contribution in [0.3, 0.4) is 0 Å². The number of hydrogen-bond donors (Lipinski definition) is 2. The number of aromatic carboxylic acids is 1. The summed E-state index contributed by atoms with van der Waals surface area (Å²) in [5.41, 5.74) is 4.95. The highest BCUT2D eigenvalue weighted by Crippen LogP contribution is 2.27. The first-order chi connectivity index (χ1) is 10.4. The summed E-state index contributed by atoms with van der Waals surface area (Å²) in [6.07, 6.45) is 1.20. The molecule has 0 atom stereocenters. The molecule has 0 spiro atoms. The fourth-order valence-corrected chi connectivity index (χ4v) is 1.99. The van der Waals surface area contributed by atoms with Crippen LogP contribution in [0.25, 0.3) is 5.69 Å². The van der Waals surface area contributed by atoms with E-state index in [1.165, 1.54) is 12.3 Å². The Bertz CT molecular complexity index is 820. The van der Waals surface area contributed by atoms with Gasteiger partial charge in [-0.15, -0.1) is 0 Å². The van der Waals surface area contributed by atoms with Crippen molar-refractivity contribution in [1.29, 1.82) is 5.26 Å². The lowest BCUT2D eigenvalue weighted by atomic mass is 10.1. The van der Waals surface area contributed by atoms with Gasteiger partial charge in [-0.2, -0.15) is 5.26 Å². The first kappa shape index (κ1) is 15.1. The van der Waals surface area contributed by atoms with Crippen LogP contribution in [0.2, 0.25) is 0 Å². The van der Waals surface area contributed by atoms with Crippen molar-refractivity contribution in [1.82, 2.24) is 4.57 Å². The fraction of sp³-hybridized carbons (Fsp3) is 0.0714. The van der Waals surface area contributed by atoms with Gasteiger partial charge >= 0.3 is 11.9 Å². The second kappa shape index (κ2) is 5.57. The van der Waals surface area contributed by atoms with Crippen LogP contribution in [0.4, 0.5) is 10.1 Å². The number of carbonyl (C=O) groups is 2. The highest BCUT2D eigenvalue weighted by Gasteiger charge is 2.24. The minimum atomic E-state index is -1.39. The Kier molecular flexibility index (Phi) is 3.81. The summed E-state index contributed by atoms with van der Waals surface area (Å²) in [6, 6.07) is 4.80. The summed E-state index contributed by atoms with van der Waals surface area (Å²) in [5.74, 6) is -2.99. The van der Waals surface area contributed by atoms with Crippen LogP contribution in [-0.2, 0) is 4.74 Å². The van der Waals surface area contributed by atoms with Crippen molar-refractivity contribution in [2.45, 2.75) is 0 Å². The zero-order valence-electron chi connectivity index (χ0n) is 11.3. The van der Waals surface area contributed by atoms with Crippen LogP contribution in [0.15, 0.2) is 24.4 Å². The number of aromatic nitrogens is 1. The number of esters is 1. The predicted molar refractivity (Wildman–Crippen MR) is 73.2 cm³/mol. The second-order valence-electron chi connectivity index (χ2n) is 4.25. The van der Waals surface area contributed by atoms with Gasteiger partial charge < -0.3 is 20.1 Å². The number of hydrogen-bond acceptors (Lipinski definition) is 5. The van der Waals surface area contributed by atoms with E-state index >= 15 is 0 Å². The lowest BCUT2D eigenvalue weighted by molar-refractivity contribution is 0.0591. The van der Waals surface area contributed by atoms with E-state index in [-0.39, 0.29) is 28.2 Å².